The SMILES string of the molecule is CN1[C]2=[Pd]=[C]3N(C)c4ccccc4N3c3ccc4ccccc4c3-c3c(ccc4ccccc34)N2c2ccccc21. The normalized spacial score (nSPS) is 15.4. The van der Waals surface area contributed by atoms with Crippen molar-refractivity contribution in [2.24, 2.45) is 0 Å². The molecule has 0 radical (unpaired) electrons. The number of fused-ring (bicyclic) bond motifs is 15. The summed E-state index contributed by atoms with van der Waals surface area (Å²) in [7, 11) is 4.45. The van der Waals surface area contributed by atoms with E-state index in [1.54, 1.807) is 0 Å². The molecule has 6 aromatic carbocycles. The summed E-state index contributed by atoms with van der Waals surface area (Å²) in [6, 6.07) is 44.6. The Morgan fingerprint density at radius 1 is 0.390 bits per heavy atom. The van der Waals surface area contributed by atoms with Crippen LogP contribution in [-0.4, -0.2) is 22.6 Å². The summed E-state index contributed by atoms with van der Waals surface area (Å²) < 4.78 is 2.60. The number of hydrogen-bond acceptors (Lipinski definition) is 4. The molecule has 0 saturated carbocycles. The van der Waals surface area contributed by atoms with Crippen molar-refractivity contribution in [1.29, 1.82) is 0 Å². The predicted molar refractivity (Wildman–Crippen MR) is 171 cm³/mol. The molecule has 0 saturated heterocycles. The van der Waals surface area contributed by atoms with Crippen molar-refractivity contribution in [2.75, 3.05) is 33.7 Å². The van der Waals surface area contributed by atoms with Gasteiger partial charge in [-0.25, -0.2) is 0 Å². The van der Waals surface area contributed by atoms with Gasteiger partial charge in [-0.1, -0.05) is 0 Å². The van der Waals surface area contributed by atoms with Crippen molar-refractivity contribution in [3.8, 4) is 11.1 Å². The third-order valence-electron chi connectivity index (χ3n) is 8.51. The van der Waals surface area contributed by atoms with Crippen LogP contribution in [0.25, 0.3) is 32.7 Å². The third kappa shape index (κ3) is 3.08. The zero-order valence-electron chi connectivity index (χ0n) is 22.7. The van der Waals surface area contributed by atoms with E-state index < -0.39 is 0 Å². The number of benzene rings is 6. The molecule has 9 rings (SSSR count). The van der Waals surface area contributed by atoms with E-state index in [-0.39, 0.29) is 17.1 Å². The Hall–Kier alpha value is -4.56. The Kier molecular flexibility index (Phi) is 4.79. The monoisotopic (exact) mass is 620 g/mol. The molecule has 0 amide bonds. The first-order valence-corrected chi connectivity index (χ1v) is 15.4. The fourth-order valence-electron chi connectivity index (χ4n) is 6.64. The van der Waals surface area contributed by atoms with Crippen LogP contribution in [-0.2, 0) is 17.1 Å². The van der Waals surface area contributed by atoms with Crippen LogP contribution >= 0.6 is 0 Å². The Morgan fingerprint density at radius 2 is 0.780 bits per heavy atom. The molecule has 0 aliphatic carbocycles. The van der Waals surface area contributed by atoms with E-state index >= 15 is 0 Å². The van der Waals surface area contributed by atoms with E-state index in [2.05, 4.69) is 155 Å². The molecule has 6 aromatic rings. The molecular formula is C36H26N4Pd. The summed E-state index contributed by atoms with van der Waals surface area (Å²) in [5.41, 5.74) is 9.95. The van der Waals surface area contributed by atoms with Crippen molar-refractivity contribution in [2.45, 2.75) is 0 Å². The fourth-order valence-corrected chi connectivity index (χ4v) is 8.95. The molecule has 0 aromatic heterocycles. The van der Waals surface area contributed by atoms with Gasteiger partial charge in [0.25, 0.3) is 0 Å². The van der Waals surface area contributed by atoms with Crippen LogP contribution in [0.2, 0.25) is 0 Å². The second kappa shape index (κ2) is 8.47. The summed E-state index contributed by atoms with van der Waals surface area (Å²) in [6.45, 7) is 0. The average Bonchev–Trinajstić information content (AvgIpc) is 3.47. The molecule has 200 valence electrons. The van der Waals surface area contributed by atoms with Gasteiger partial charge in [-0.15, -0.1) is 0 Å². The number of rotatable bonds is 0. The van der Waals surface area contributed by atoms with Crippen molar-refractivity contribution in [3.05, 3.63) is 121 Å². The maximum absolute atomic E-state index is 2.53. The van der Waals surface area contributed by atoms with Gasteiger partial charge in [0, 0.05) is 0 Å². The first-order valence-electron chi connectivity index (χ1n) is 13.8. The number of anilines is 6. The van der Waals surface area contributed by atoms with Gasteiger partial charge in [0.1, 0.15) is 0 Å². The Bertz CT molecular complexity index is 2010. The van der Waals surface area contributed by atoms with Crippen LogP contribution in [0.15, 0.2) is 121 Å². The van der Waals surface area contributed by atoms with Crippen LogP contribution in [0, 0.1) is 0 Å². The zero-order chi connectivity index (χ0) is 27.2. The van der Waals surface area contributed by atoms with Crippen molar-refractivity contribution in [3.63, 3.8) is 0 Å². The van der Waals surface area contributed by atoms with E-state index in [9.17, 15) is 0 Å². The van der Waals surface area contributed by atoms with Crippen molar-refractivity contribution >= 4 is 64.1 Å². The number of nitrogens with zero attached hydrogens (tertiary/aromatic N) is 4. The van der Waals surface area contributed by atoms with Gasteiger partial charge in [-0.3, -0.25) is 0 Å². The minimum absolute atomic E-state index is 0.142. The van der Waals surface area contributed by atoms with E-state index in [0.29, 0.717) is 0 Å². The first kappa shape index (κ1) is 23.2. The van der Waals surface area contributed by atoms with Crippen LogP contribution in [0.1, 0.15) is 0 Å². The summed E-state index contributed by atoms with van der Waals surface area (Å²) in [6.07, 6.45) is 0. The summed E-state index contributed by atoms with van der Waals surface area (Å²) in [5.74, 6) is 0. The van der Waals surface area contributed by atoms with Gasteiger partial charge in [-0.05, 0) is 0 Å². The standard InChI is InChI=1S/C36H26N4.Pd/c1-37-23-39(31-17-9-7-15-29(31)37)33-21-19-25-11-3-5-13-27(25)35(33)36-28-14-6-4-12-26(28)20-22-34(36)40-24-38(2)30-16-8-10-18-32(30)40;/h3-22H,1-2H3;. The van der Waals surface area contributed by atoms with E-state index in [4.69, 9.17) is 0 Å². The molecule has 0 spiro atoms. The second-order valence-corrected chi connectivity index (χ2v) is 12.5. The molecule has 0 unspecified atom stereocenters. The molecule has 0 bridgehead atoms. The molecule has 0 fully saturated rings. The van der Waals surface area contributed by atoms with Gasteiger partial charge >= 0.3 is 247 Å². The molecule has 0 N–H and O–H groups in total. The van der Waals surface area contributed by atoms with E-state index in [1.165, 1.54) is 75.3 Å². The molecule has 41 heavy (non-hydrogen) atoms. The molecule has 3 heterocycles. The van der Waals surface area contributed by atoms with Crippen molar-refractivity contribution in [1.82, 2.24) is 0 Å². The molecule has 5 heteroatoms. The summed E-state index contributed by atoms with van der Waals surface area (Å²) in [4.78, 5) is 9.87. The topological polar surface area (TPSA) is 13.0 Å². The number of para-hydroxylation sites is 4. The quantitative estimate of drug-likeness (QED) is 0.159. The van der Waals surface area contributed by atoms with Gasteiger partial charge in [0.15, 0.2) is 0 Å². The number of hydrogen-bond donors (Lipinski definition) is 0. The van der Waals surface area contributed by atoms with Gasteiger partial charge in [0.2, 0.25) is 0 Å². The van der Waals surface area contributed by atoms with Crippen LogP contribution in [0.5, 0.6) is 0 Å². The van der Waals surface area contributed by atoms with Crippen LogP contribution in [0.4, 0.5) is 34.1 Å². The summed E-state index contributed by atoms with van der Waals surface area (Å²) in [5, 5.41) is 5.03. The maximum atomic E-state index is 2.53. The van der Waals surface area contributed by atoms with Crippen LogP contribution in [0.3, 0.4) is 0 Å². The minimum atomic E-state index is 0.142. The van der Waals surface area contributed by atoms with E-state index in [1.807, 2.05) is 0 Å². The van der Waals surface area contributed by atoms with Gasteiger partial charge in [-0.2, -0.15) is 0 Å². The van der Waals surface area contributed by atoms with Crippen molar-refractivity contribution < 1.29 is 17.1 Å². The Labute approximate surface area is 246 Å². The fraction of sp³-hybridized carbons (Fsp3) is 0.0556. The van der Waals surface area contributed by atoms with Gasteiger partial charge < -0.3 is 0 Å². The van der Waals surface area contributed by atoms with Gasteiger partial charge in [0.05, 0.1) is 0 Å². The Balaban J connectivity index is 1.54. The Morgan fingerprint density at radius 3 is 1.24 bits per heavy atom. The van der Waals surface area contributed by atoms with Crippen LogP contribution < -0.4 is 19.6 Å². The predicted octanol–water partition coefficient (Wildman–Crippen LogP) is 8.11. The first-order chi connectivity index (χ1) is 20.2. The molecule has 0 atom stereocenters. The van der Waals surface area contributed by atoms with E-state index in [0.717, 1.165) is 0 Å². The molecule has 3 aliphatic rings. The molecular weight excluding hydrogens is 595 g/mol. The second-order valence-electron chi connectivity index (χ2n) is 10.7. The summed E-state index contributed by atoms with van der Waals surface area (Å²) >= 11 is 0.142. The average molecular weight is 621 g/mol. The molecule has 4 nitrogen and oxygen atoms in total. The zero-order valence-corrected chi connectivity index (χ0v) is 24.2. The third-order valence-corrected chi connectivity index (χ3v) is 10.9. The molecule has 3 aliphatic heterocycles.